The number of hydrogen-bond donors (Lipinski definition) is 2. The minimum Gasteiger partial charge on any atom is -0.495 e. The highest BCUT2D eigenvalue weighted by Crippen LogP contribution is 2.28. The van der Waals surface area contributed by atoms with Crippen molar-refractivity contribution in [1.82, 2.24) is 10.3 Å². The van der Waals surface area contributed by atoms with Crippen LogP contribution in [0, 0.1) is 0 Å². The molecule has 146 valence electrons. The minimum absolute atomic E-state index is 0.234. The predicted octanol–water partition coefficient (Wildman–Crippen LogP) is 3.34. The summed E-state index contributed by atoms with van der Waals surface area (Å²) in [5, 5.41) is 6.83. The molecule has 3 rings (SSSR count). The summed E-state index contributed by atoms with van der Waals surface area (Å²) in [5.41, 5.74) is 1.98. The van der Waals surface area contributed by atoms with Crippen molar-refractivity contribution in [2.45, 2.75) is 6.29 Å². The molecule has 1 heterocycles. The smallest absolute Gasteiger partial charge is 0.252 e. The van der Waals surface area contributed by atoms with Gasteiger partial charge >= 0.3 is 0 Å². The Morgan fingerprint density at radius 3 is 2.50 bits per heavy atom. The van der Waals surface area contributed by atoms with Gasteiger partial charge in [-0.05, 0) is 24.3 Å². The van der Waals surface area contributed by atoms with E-state index in [4.69, 9.17) is 14.2 Å². The fraction of sp³-hybridized carbons (Fsp3) is 0.238. The Bertz CT molecular complexity index is 957. The maximum atomic E-state index is 12.8. The molecule has 2 N–H and O–H groups in total. The molecule has 7 heteroatoms. The van der Waals surface area contributed by atoms with E-state index < -0.39 is 6.29 Å². The van der Waals surface area contributed by atoms with Crippen molar-refractivity contribution in [3.05, 3.63) is 60.2 Å². The number of nitrogens with zero attached hydrogens (tertiary/aromatic N) is 1. The molecule has 7 nitrogen and oxygen atoms in total. The monoisotopic (exact) mass is 381 g/mol. The number of rotatable bonds is 8. The van der Waals surface area contributed by atoms with Crippen molar-refractivity contribution < 1.29 is 19.0 Å². The van der Waals surface area contributed by atoms with E-state index in [9.17, 15) is 4.79 Å². The first-order chi connectivity index (χ1) is 13.7. The van der Waals surface area contributed by atoms with Crippen LogP contribution in [0.4, 0.5) is 11.5 Å². The van der Waals surface area contributed by atoms with Gasteiger partial charge in [-0.1, -0.05) is 30.3 Å². The fourth-order valence-corrected chi connectivity index (χ4v) is 2.85. The first-order valence-electron chi connectivity index (χ1n) is 8.80. The number of methoxy groups -OCH3 is 3. The van der Waals surface area contributed by atoms with E-state index >= 15 is 0 Å². The number of carbonyl (C=O) groups excluding carboxylic acids is 1. The molecule has 2 aromatic carbocycles. The van der Waals surface area contributed by atoms with Gasteiger partial charge in [-0.3, -0.25) is 4.79 Å². The number of anilines is 2. The first-order valence-corrected chi connectivity index (χ1v) is 8.80. The Morgan fingerprint density at radius 1 is 1.04 bits per heavy atom. The average Bonchev–Trinajstić information content (AvgIpc) is 2.74. The SMILES string of the molecule is COc1ccccc1Nc1cc(C(=O)NCC(OC)OC)c2ccccc2n1. The molecule has 0 aliphatic heterocycles. The van der Waals surface area contributed by atoms with Gasteiger partial charge in [0.25, 0.3) is 5.91 Å². The Labute approximate surface area is 163 Å². The largest absolute Gasteiger partial charge is 0.495 e. The lowest BCUT2D eigenvalue weighted by Crippen LogP contribution is -2.34. The summed E-state index contributed by atoms with van der Waals surface area (Å²) in [7, 11) is 4.66. The van der Waals surface area contributed by atoms with E-state index in [1.165, 1.54) is 14.2 Å². The van der Waals surface area contributed by atoms with Crippen molar-refractivity contribution in [3.8, 4) is 5.75 Å². The maximum absolute atomic E-state index is 12.8. The fourth-order valence-electron chi connectivity index (χ4n) is 2.85. The molecular formula is C21H23N3O4. The van der Waals surface area contributed by atoms with Crippen molar-refractivity contribution >= 4 is 28.3 Å². The first kappa shape index (κ1) is 19.6. The third-order valence-electron chi connectivity index (χ3n) is 4.29. The minimum atomic E-state index is -0.511. The van der Waals surface area contributed by atoms with Crippen LogP contribution in [0.5, 0.6) is 5.75 Å². The number of ether oxygens (including phenoxy) is 3. The molecule has 0 fully saturated rings. The highest BCUT2D eigenvalue weighted by atomic mass is 16.7. The third kappa shape index (κ3) is 4.39. The quantitative estimate of drug-likeness (QED) is 0.583. The number of amides is 1. The molecule has 28 heavy (non-hydrogen) atoms. The number of benzene rings is 2. The van der Waals surface area contributed by atoms with Gasteiger partial charge < -0.3 is 24.8 Å². The summed E-state index contributed by atoms with van der Waals surface area (Å²) >= 11 is 0. The predicted molar refractivity (Wildman–Crippen MR) is 108 cm³/mol. The number of carbonyl (C=O) groups is 1. The van der Waals surface area contributed by atoms with E-state index in [1.807, 2.05) is 48.5 Å². The van der Waals surface area contributed by atoms with Crippen LogP contribution < -0.4 is 15.4 Å². The molecular weight excluding hydrogens is 358 g/mol. The van der Waals surface area contributed by atoms with E-state index in [-0.39, 0.29) is 12.5 Å². The van der Waals surface area contributed by atoms with Gasteiger partial charge in [-0.25, -0.2) is 4.98 Å². The summed E-state index contributed by atoms with van der Waals surface area (Å²) in [6.07, 6.45) is -0.511. The van der Waals surface area contributed by atoms with Gasteiger partial charge in [0.1, 0.15) is 11.6 Å². The molecule has 0 unspecified atom stereocenters. The summed E-state index contributed by atoms with van der Waals surface area (Å²) in [5.74, 6) is 0.996. The molecule has 1 aromatic heterocycles. The van der Waals surface area contributed by atoms with Crippen LogP contribution in [0.3, 0.4) is 0 Å². The number of fused-ring (bicyclic) bond motifs is 1. The van der Waals surface area contributed by atoms with Gasteiger partial charge in [0, 0.05) is 19.6 Å². The zero-order chi connectivity index (χ0) is 19.9. The zero-order valence-corrected chi connectivity index (χ0v) is 16.1. The summed E-state index contributed by atoms with van der Waals surface area (Å²) in [6, 6.07) is 16.7. The zero-order valence-electron chi connectivity index (χ0n) is 16.1. The maximum Gasteiger partial charge on any atom is 0.252 e. The number of nitrogens with one attached hydrogen (secondary N) is 2. The third-order valence-corrected chi connectivity index (χ3v) is 4.29. The average molecular weight is 381 g/mol. The highest BCUT2D eigenvalue weighted by molar-refractivity contribution is 6.07. The Kier molecular flexibility index (Phi) is 6.41. The lowest BCUT2D eigenvalue weighted by Gasteiger charge is -2.16. The van der Waals surface area contributed by atoms with Gasteiger partial charge in [0.2, 0.25) is 0 Å². The van der Waals surface area contributed by atoms with Crippen LogP contribution in [0.2, 0.25) is 0 Å². The van der Waals surface area contributed by atoms with Crippen molar-refractivity contribution in [2.75, 3.05) is 33.2 Å². The molecule has 0 spiro atoms. The second kappa shape index (κ2) is 9.16. The molecule has 0 aliphatic rings. The molecule has 0 atom stereocenters. The molecule has 0 saturated heterocycles. The molecule has 1 amide bonds. The summed E-state index contributed by atoms with van der Waals surface area (Å²) in [4.78, 5) is 17.4. The van der Waals surface area contributed by atoms with Gasteiger partial charge in [-0.2, -0.15) is 0 Å². The molecule has 0 aliphatic carbocycles. The van der Waals surface area contributed by atoms with Gasteiger partial charge in [0.15, 0.2) is 6.29 Å². The van der Waals surface area contributed by atoms with Crippen LogP contribution >= 0.6 is 0 Å². The van der Waals surface area contributed by atoms with E-state index in [2.05, 4.69) is 15.6 Å². The Hall–Kier alpha value is -3.16. The van der Waals surface area contributed by atoms with Crippen LogP contribution in [0.1, 0.15) is 10.4 Å². The molecule has 0 bridgehead atoms. The van der Waals surface area contributed by atoms with Crippen LogP contribution in [0.25, 0.3) is 10.9 Å². The lowest BCUT2D eigenvalue weighted by atomic mass is 10.1. The number of para-hydroxylation sites is 3. The van der Waals surface area contributed by atoms with Gasteiger partial charge in [0.05, 0.1) is 30.4 Å². The molecule has 0 radical (unpaired) electrons. The second-order valence-corrected chi connectivity index (χ2v) is 6.01. The van der Waals surface area contributed by atoms with Crippen molar-refractivity contribution in [3.63, 3.8) is 0 Å². The lowest BCUT2D eigenvalue weighted by molar-refractivity contribution is -0.0974. The second-order valence-electron chi connectivity index (χ2n) is 6.01. The van der Waals surface area contributed by atoms with Crippen LogP contribution in [0.15, 0.2) is 54.6 Å². The number of pyridine rings is 1. The van der Waals surface area contributed by atoms with E-state index in [0.717, 1.165) is 11.1 Å². The van der Waals surface area contributed by atoms with Crippen molar-refractivity contribution in [2.24, 2.45) is 0 Å². The van der Waals surface area contributed by atoms with Gasteiger partial charge in [-0.15, -0.1) is 0 Å². The summed E-state index contributed by atoms with van der Waals surface area (Å²) in [6.45, 7) is 0.234. The number of hydrogen-bond acceptors (Lipinski definition) is 6. The molecule has 0 saturated carbocycles. The Balaban J connectivity index is 1.94. The normalized spacial score (nSPS) is 10.9. The number of aromatic nitrogens is 1. The standard InChI is InChI=1S/C21H23N3O4/c1-26-18-11-7-6-10-17(18)24-19-12-15(14-8-4-5-9-16(14)23-19)21(25)22-13-20(27-2)28-3/h4-12,20H,13H2,1-3H3,(H,22,25)(H,23,24). The summed E-state index contributed by atoms with van der Waals surface area (Å²) < 4.78 is 15.6. The van der Waals surface area contributed by atoms with E-state index in [1.54, 1.807) is 13.2 Å². The topological polar surface area (TPSA) is 81.7 Å². The Morgan fingerprint density at radius 2 is 1.75 bits per heavy atom. The van der Waals surface area contributed by atoms with Crippen molar-refractivity contribution in [1.29, 1.82) is 0 Å². The highest BCUT2D eigenvalue weighted by Gasteiger charge is 2.15. The van der Waals surface area contributed by atoms with E-state index in [0.29, 0.717) is 22.6 Å². The van der Waals surface area contributed by atoms with Crippen LogP contribution in [-0.4, -0.2) is 45.1 Å². The molecule has 3 aromatic rings. The van der Waals surface area contributed by atoms with Crippen LogP contribution in [-0.2, 0) is 9.47 Å².